The summed E-state index contributed by atoms with van der Waals surface area (Å²) in [6.45, 7) is 0. The number of hydrogen-bond acceptors (Lipinski definition) is 4. The summed E-state index contributed by atoms with van der Waals surface area (Å²) in [6, 6.07) is 13.7. The summed E-state index contributed by atoms with van der Waals surface area (Å²) < 4.78 is 5.64. The van der Waals surface area contributed by atoms with E-state index in [0.29, 0.717) is 12.0 Å². The number of carbonyl (C=O) groups excluding carboxylic acids is 1. The highest BCUT2D eigenvalue weighted by Crippen LogP contribution is 2.32. The highest BCUT2D eigenvalue weighted by molar-refractivity contribution is 5.90. The highest BCUT2D eigenvalue weighted by Gasteiger charge is 2.26. The van der Waals surface area contributed by atoms with E-state index >= 15 is 0 Å². The van der Waals surface area contributed by atoms with E-state index in [9.17, 15) is 14.9 Å². The molecule has 1 unspecified atom stereocenters. The minimum absolute atomic E-state index is 0.0673. The first-order chi connectivity index (χ1) is 12.1. The lowest BCUT2D eigenvalue weighted by Gasteiger charge is -2.22. The lowest BCUT2D eigenvalue weighted by atomic mass is 9.93. The van der Waals surface area contributed by atoms with Crippen LogP contribution in [0.4, 0.5) is 5.69 Å². The topological polar surface area (TPSA) is 85.2 Å². The van der Waals surface area contributed by atoms with Gasteiger partial charge in [0.25, 0.3) is 5.69 Å². The summed E-state index contributed by atoms with van der Waals surface area (Å²) in [5.41, 5.74) is 3.56. The predicted molar refractivity (Wildman–Crippen MR) is 92.6 cm³/mol. The molecule has 1 aromatic heterocycles. The molecule has 1 aliphatic carbocycles. The number of aromatic nitrogens is 1. The Kier molecular flexibility index (Phi) is 3.72. The van der Waals surface area contributed by atoms with Crippen LogP contribution in [0.5, 0.6) is 0 Å². The highest BCUT2D eigenvalue weighted by atomic mass is 16.6. The molecular formula is C19H16N2O4. The Hall–Kier alpha value is -3.15. The minimum Gasteiger partial charge on any atom is -0.458 e. The normalized spacial score (nSPS) is 16.4. The molecule has 0 aliphatic heterocycles. The van der Waals surface area contributed by atoms with Gasteiger partial charge in [-0.15, -0.1) is 0 Å². The van der Waals surface area contributed by atoms with Crippen molar-refractivity contribution < 1.29 is 14.5 Å². The van der Waals surface area contributed by atoms with Crippen molar-refractivity contribution in [3.8, 4) is 0 Å². The van der Waals surface area contributed by atoms with Crippen molar-refractivity contribution in [1.82, 2.24) is 4.98 Å². The third-order valence-electron chi connectivity index (χ3n) is 4.62. The molecule has 2 aromatic carbocycles. The monoisotopic (exact) mass is 336 g/mol. The van der Waals surface area contributed by atoms with E-state index in [1.807, 2.05) is 6.07 Å². The fourth-order valence-electron chi connectivity index (χ4n) is 3.38. The quantitative estimate of drug-likeness (QED) is 0.448. The average Bonchev–Trinajstić information content (AvgIpc) is 2.99. The van der Waals surface area contributed by atoms with Gasteiger partial charge in [-0.05, 0) is 36.6 Å². The lowest BCUT2D eigenvalue weighted by molar-refractivity contribution is -0.384. The molecule has 126 valence electrons. The van der Waals surface area contributed by atoms with Crippen LogP contribution in [0.2, 0.25) is 0 Å². The van der Waals surface area contributed by atoms with E-state index in [0.717, 1.165) is 35.0 Å². The zero-order valence-electron chi connectivity index (χ0n) is 13.4. The molecule has 1 atom stereocenters. The number of fused-ring (bicyclic) bond motifs is 3. The number of H-pyrrole nitrogens is 1. The Labute approximate surface area is 143 Å². The summed E-state index contributed by atoms with van der Waals surface area (Å²) in [7, 11) is 0. The number of hydrogen-bond donors (Lipinski definition) is 1. The van der Waals surface area contributed by atoms with Crippen molar-refractivity contribution in [3.05, 3.63) is 75.5 Å². The van der Waals surface area contributed by atoms with Crippen LogP contribution in [0.25, 0.3) is 10.9 Å². The average molecular weight is 336 g/mol. The van der Waals surface area contributed by atoms with E-state index < -0.39 is 4.92 Å². The SMILES string of the molecule is O=C(OC1CCc2[nH]c3ccc([N+](=O)[O-])cc3c2C1)c1ccccc1. The van der Waals surface area contributed by atoms with Crippen molar-refractivity contribution in [2.24, 2.45) is 0 Å². The number of aryl methyl sites for hydroxylation is 1. The molecule has 4 rings (SSSR count). The summed E-state index contributed by atoms with van der Waals surface area (Å²) in [5, 5.41) is 11.9. The van der Waals surface area contributed by atoms with Gasteiger partial charge in [0.05, 0.1) is 10.5 Å². The van der Waals surface area contributed by atoms with Gasteiger partial charge < -0.3 is 9.72 Å². The number of benzene rings is 2. The maximum atomic E-state index is 12.3. The van der Waals surface area contributed by atoms with Gasteiger partial charge in [-0.25, -0.2) is 4.79 Å². The molecule has 0 bridgehead atoms. The maximum absolute atomic E-state index is 12.3. The number of nitrogens with zero attached hydrogens (tertiary/aromatic N) is 1. The maximum Gasteiger partial charge on any atom is 0.338 e. The summed E-state index contributed by atoms with van der Waals surface area (Å²) >= 11 is 0. The third kappa shape index (κ3) is 2.87. The molecular weight excluding hydrogens is 320 g/mol. The van der Waals surface area contributed by atoms with Crippen LogP contribution in [0.1, 0.15) is 28.0 Å². The fraction of sp³-hybridized carbons (Fsp3) is 0.211. The third-order valence-corrected chi connectivity index (χ3v) is 4.62. The van der Waals surface area contributed by atoms with E-state index in [4.69, 9.17) is 4.74 Å². The Morgan fingerprint density at radius 3 is 2.76 bits per heavy atom. The second-order valence-electron chi connectivity index (χ2n) is 6.21. The Morgan fingerprint density at radius 1 is 1.20 bits per heavy atom. The van der Waals surface area contributed by atoms with Gasteiger partial charge in [0, 0.05) is 35.2 Å². The van der Waals surface area contributed by atoms with E-state index in [-0.39, 0.29) is 17.8 Å². The number of non-ortho nitro benzene ring substituents is 1. The van der Waals surface area contributed by atoms with Crippen LogP contribution in [-0.4, -0.2) is 22.0 Å². The van der Waals surface area contributed by atoms with Crippen LogP contribution in [-0.2, 0) is 17.6 Å². The van der Waals surface area contributed by atoms with E-state index in [1.165, 1.54) is 6.07 Å². The number of nitrogens with one attached hydrogen (secondary N) is 1. The molecule has 1 N–H and O–H groups in total. The first kappa shape index (κ1) is 15.4. The minimum atomic E-state index is -0.394. The molecule has 1 aliphatic rings. The van der Waals surface area contributed by atoms with Crippen molar-refractivity contribution in [2.75, 3.05) is 0 Å². The molecule has 0 spiro atoms. The fourth-order valence-corrected chi connectivity index (χ4v) is 3.38. The van der Waals surface area contributed by atoms with Crippen LogP contribution in [0.3, 0.4) is 0 Å². The summed E-state index contributed by atoms with van der Waals surface area (Å²) in [4.78, 5) is 26.2. The van der Waals surface area contributed by atoms with Crippen molar-refractivity contribution in [3.63, 3.8) is 0 Å². The number of carbonyl (C=O) groups is 1. The number of rotatable bonds is 3. The van der Waals surface area contributed by atoms with E-state index in [2.05, 4.69) is 4.98 Å². The first-order valence-corrected chi connectivity index (χ1v) is 8.16. The van der Waals surface area contributed by atoms with E-state index in [1.54, 1.807) is 36.4 Å². The smallest absolute Gasteiger partial charge is 0.338 e. The number of nitro benzene ring substituents is 1. The second kappa shape index (κ2) is 6.05. The molecule has 25 heavy (non-hydrogen) atoms. The number of esters is 1. The zero-order valence-corrected chi connectivity index (χ0v) is 13.4. The van der Waals surface area contributed by atoms with Crippen LogP contribution in [0, 0.1) is 10.1 Å². The standard InChI is InChI=1S/C19H16N2O4/c22-19(12-4-2-1-3-5-12)25-14-7-9-18-16(11-14)15-10-13(21(23)24)6-8-17(15)20-18/h1-6,8,10,14,20H,7,9,11H2. The lowest BCUT2D eigenvalue weighted by Crippen LogP contribution is -2.25. The van der Waals surface area contributed by atoms with Gasteiger partial charge in [-0.2, -0.15) is 0 Å². The van der Waals surface area contributed by atoms with Gasteiger partial charge in [-0.3, -0.25) is 10.1 Å². The zero-order chi connectivity index (χ0) is 17.4. The molecule has 0 fully saturated rings. The molecule has 6 heteroatoms. The first-order valence-electron chi connectivity index (χ1n) is 8.16. The molecule has 0 radical (unpaired) electrons. The van der Waals surface area contributed by atoms with Gasteiger partial charge in [0.15, 0.2) is 0 Å². The number of aromatic amines is 1. The van der Waals surface area contributed by atoms with Crippen molar-refractivity contribution in [1.29, 1.82) is 0 Å². The Balaban J connectivity index is 1.59. The summed E-state index contributed by atoms with van der Waals surface area (Å²) in [5.74, 6) is -0.333. The molecule has 0 saturated carbocycles. The van der Waals surface area contributed by atoms with Crippen molar-refractivity contribution in [2.45, 2.75) is 25.4 Å². The summed E-state index contributed by atoms with van der Waals surface area (Å²) in [6.07, 6.45) is 1.83. The van der Waals surface area contributed by atoms with Crippen LogP contribution in [0.15, 0.2) is 48.5 Å². The Morgan fingerprint density at radius 2 is 2.00 bits per heavy atom. The largest absolute Gasteiger partial charge is 0.458 e. The molecule has 6 nitrogen and oxygen atoms in total. The molecule has 0 saturated heterocycles. The molecule has 0 amide bonds. The molecule has 3 aromatic rings. The number of ether oxygens (including phenoxy) is 1. The van der Waals surface area contributed by atoms with Gasteiger partial charge in [0.1, 0.15) is 6.10 Å². The van der Waals surface area contributed by atoms with Crippen LogP contribution < -0.4 is 0 Å². The predicted octanol–water partition coefficient (Wildman–Crippen LogP) is 3.79. The second-order valence-corrected chi connectivity index (χ2v) is 6.21. The van der Waals surface area contributed by atoms with Gasteiger partial charge in [0.2, 0.25) is 0 Å². The van der Waals surface area contributed by atoms with Gasteiger partial charge in [-0.1, -0.05) is 18.2 Å². The number of nitro groups is 1. The van der Waals surface area contributed by atoms with Crippen molar-refractivity contribution >= 4 is 22.6 Å². The molecule has 1 heterocycles. The van der Waals surface area contributed by atoms with Gasteiger partial charge >= 0.3 is 5.97 Å². The van der Waals surface area contributed by atoms with Crippen LogP contribution >= 0.6 is 0 Å². The Bertz CT molecular complexity index is 962.